The number of amides is 1. The number of fused-ring (bicyclic) bond motifs is 1. The van der Waals surface area contributed by atoms with Crippen molar-refractivity contribution >= 4 is 23.3 Å². The highest BCUT2D eigenvalue weighted by Gasteiger charge is 2.29. The minimum absolute atomic E-state index is 0.202. The monoisotopic (exact) mass is 263 g/mol. The Morgan fingerprint density at radius 1 is 1.50 bits per heavy atom. The summed E-state index contributed by atoms with van der Waals surface area (Å²) in [4.78, 5) is 11.9. The Morgan fingerprint density at radius 2 is 2.39 bits per heavy atom. The number of aromatic nitrogens is 2. The third-order valence-corrected chi connectivity index (χ3v) is 2.98. The first-order valence-corrected chi connectivity index (χ1v) is 5.85. The fourth-order valence-corrected chi connectivity index (χ4v) is 2.10. The first kappa shape index (κ1) is 11.1. The molecule has 1 aromatic heterocycles. The van der Waals surface area contributed by atoms with E-state index in [0.717, 1.165) is 5.56 Å². The quantitative estimate of drug-likeness (QED) is 0.871. The van der Waals surface area contributed by atoms with Gasteiger partial charge in [-0.15, -0.1) is 0 Å². The molecule has 0 aliphatic carbocycles. The minimum atomic E-state index is -0.526. The Morgan fingerprint density at radius 3 is 3.17 bits per heavy atom. The Balaban J connectivity index is 1.72. The SMILES string of the molecule is O=C(Nc1ccn[nH]1)[C@@H]1Cc2cc(Cl)ccc2O1. The zero-order valence-electron chi connectivity index (χ0n) is 9.31. The summed E-state index contributed by atoms with van der Waals surface area (Å²) in [5.41, 5.74) is 0.951. The van der Waals surface area contributed by atoms with Crippen molar-refractivity contribution in [3.05, 3.63) is 41.0 Å². The van der Waals surface area contributed by atoms with Gasteiger partial charge in [-0.05, 0) is 23.8 Å². The van der Waals surface area contributed by atoms with Crippen molar-refractivity contribution in [1.29, 1.82) is 0 Å². The zero-order valence-corrected chi connectivity index (χ0v) is 10.1. The van der Waals surface area contributed by atoms with E-state index >= 15 is 0 Å². The number of ether oxygens (including phenoxy) is 1. The highest BCUT2D eigenvalue weighted by molar-refractivity contribution is 6.30. The molecule has 0 saturated carbocycles. The topological polar surface area (TPSA) is 67.0 Å². The molecule has 1 aliphatic rings. The number of carbonyl (C=O) groups is 1. The molecule has 1 amide bonds. The highest BCUT2D eigenvalue weighted by atomic mass is 35.5. The Hall–Kier alpha value is -2.01. The minimum Gasteiger partial charge on any atom is -0.480 e. The van der Waals surface area contributed by atoms with Gasteiger partial charge in [0.25, 0.3) is 5.91 Å². The molecule has 2 aromatic rings. The predicted octanol–water partition coefficient (Wildman–Crippen LogP) is 2.01. The molecule has 92 valence electrons. The Labute approximate surface area is 108 Å². The first-order valence-electron chi connectivity index (χ1n) is 5.48. The Bertz CT molecular complexity index is 583. The van der Waals surface area contributed by atoms with Gasteiger partial charge in [-0.1, -0.05) is 11.6 Å². The second-order valence-corrected chi connectivity index (χ2v) is 4.46. The molecule has 0 unspecified atom stereocenters. The maximum absolute atomic E-state index is 11.9. The van der Waals surface area contributed by atoms with Gasteiger partial charge in [0.2, 0.25) is 0 Å². The summed E-state index contributed by atoms with van der Waals surface area (Å²) in [6.45, 7) is 0. The van der Waals surface area contributed by atoms with Gasteiger partial charge in [0, 0.05) is 17.5 Å². The molecule has 1 aromatic carbocycles. The molecule has 6 heteroatoms. The number of hydrogen-bond acceptors (Lipinski definition) is 3. The van der Waals surface area contributed by atoms with E-state index in [2.05, 4.69) is 15.5 Å². The van der Waals surface area contributed by atoms with Crippen LogP contribution in [0.15, 0.2) is 30.5 Å². The third-order valence-electron chi connectivity index (χ3n) is 2.75. The van der Waals surface area contributed by atoms with Gasteiger partial charge < -0.3 is 10.1 Å². The predicted molar refractivity (Wildman–Crippen MR) is 66.8 cm³/mol. The van der Waals surface area contributed by atoms with Gasteiger partial charge in [-0.3, -0.25) is 9.89 Å². The van der Waals surface area contributed by atoms with Crippen molar-refractivity contribution in [2.45, 2.75) is 12.5 Å². The summed E-state index contributed by atoms with van der Waals surface area (Å²) in [5.74, 6) is 1.06. The Kier molecular flexibility index (Phi) is 2.68. The van der Waals surface area contributed by atoms with Gasteiger partial charge in [0.1, 0.15) is 11.6 Å². The van der Waals surface area contributed by atoms with Crippen molar-refractivity contribution in [2.24, 2.45) is 0 Å². The molecule has 0 spiro atoms. The van der Waals surface area contributed by atoms with E-state index in [4.69, 9.17) is 16.3 Å². The summed E-state index contributed by atoms with van der Waals surface area (Å²) in [5, 5.41) is 9.76. The van der Waals surface area contributed by atoms with E-state index in [0.29, 0.717) is 23.0 Å². The largest absolute Gasteiger partial charge is 0.480 e. The van der Waals surface area contributed by atoms with Gasteiger partial charge in [-0.2, -0.15) is 5.10 Å². The van der Waals surface area contributed by atoms with Crippen LogP contribution in [0, 0.1) is 0 Å². The maximum Gasteiger partial charge on any atom is 0.266 e. The lowest BCUT2D eigenvalue weighted by molar-refractivity contribution is -0.122. The van der Waals surface area contributed by atoms with E-state index in [1.807, 2.05) is 6.07 Å². The molecule has 18 heavy (non-hydrogen) atoms. The van der Waals surface area contributed by atoms with Crippen LogP contribution < -0.4 is 10.1 Å². The van der Waals surface area contributed by atoms with E-state index in [1.54, 1.807) is 24.4 Å². The standard InChI is InChI=1S/C12H10ClN3O2/c13-8-1-2-9-7(5-8)6-10(18-9)12(17)15-11-3-4-14-16-11/h1-5,10H,6H2,(H2,14,15,16,17)/t10-/m0/s1. The van der Waals surface area contributed by atoms with Gasteiger partial charge >= 0.3 is 0 Å². The van der Waals surface area contributed by atoms with Crippen LogP contribution >= 0.6 is 11.6 Å². The lowest BCUT2D eigenvalue weighted by atomic mass is 10.1. The average Bonchev–Trinajstić information content (AvgIpc) is 2.96. The summed E-state index contributed by atoms with van der Waals surface area (Å²) in [6, 6.07) is 7.02. The van der Waals surface area contributed by atoms with E-state index in [-0.39, 0.29) is 5.91 Å². The number of nitrogens with one attached hydrogen (secondary N) is 2. The van der Waals surface area contributed by atoms with Gasteiger partial charge in [0.15, 0.2) is 6.10 Å². The van der Waals surface area contributed by atoms with Crippen molar-refractivity contribution in [3.63, 3.8) is 0 Å². The number of nitrogens with zero attached hydrogens (tertiary/aromatic N) is 1. The average molecular weight is 264 g/mol. The lowest BCUT2D eigenvalue weighted by Crippen LogP contribution is -2.31. The molecule has 1 aliphatic heterocycles. The second-order valence-electron chi connectivity index (χ2n) is 4.02. The number of benzene rings is 1. The molecule has 2 heterocycles. The van der Waals surface area contributed by atoms with Crippen LogP contribution in [0.1, 0.15) is 5.56 Å². The van der Waals surface area contributed by atoms with E-state index in [1.165, 1.54) is 0 Å². The van der Waals surface area contributed by atoms with E-state index in [9.17, 15) is 4.79 Å². The first-order chi connectivity index (χ1) is 8.72. The number of rotatable bonds is 2. The fraction of sp³-hybridized carbons (Fsp3) is 0.167. The number of anilines is 1. The summed E-state index contributed by atoms with van der Waals surface area (Å²) in [6.07, 6.45) is 1.57. The fourth-order valence-electron chi connectivity index (χ4n) is 1.90. The smallest absolute Gasteiger partial charge is 0.266 e. The molecular formula is C12H10ClN3O2. The van der Waals surface area contributed by atoms with Gasteiger partial charge in [-0.25, -0.2) is 0 Å². The summed E-state index contributed by atoms with van der Waals surface area (Å²) < 4.78 is 5.57. The zero-order chi connectivity index (χ0) is 12.5. The third kappa shape index (κ3) is 2.04. The number of carbonyl (C=O) groups excluding carboxylic acids is 1. The molecule has 0 saturated heterocycles. The number of hydrogen-bond donors (Lipinski definition) is 2. The molecule has 0 radical (unpaired) electrons. The van der Waals surface area contributed by atoms with Crippen molar-refractivity contribution < 1.29 is 9.53 Å². The van der Waals surface area contributed by atoms with Crippen LogP contribution in [0.5, 0.6) is 5.75 Å². The van der Waals surface area contributed by atoms with Crippen LogP contribution in [-0.2, 0) is 11.2 Å². The van der Waals surface area contributed by atoms with Crippen molar-refractivity contribution in [3.8, 4) is 5.75 Å². The molecule has 5 nitrogen and oxygen atoms in total. The van der Waals surface area contributed by atoms with Crippen molar-refractivity contribution in [1.82, 2.24) is 10.2 Å². The molecular weight excluding hydrogens is 254 g/mol. The van der Waals surface area contributed by atoms with Crippen LogP contribution in [0.2, 0.25) is 5.02 Å². The highest BCUT2D eigenvalue weighted by Crippen LogP contribution is 2.31. The van der Waals surface area contributed by atoms with Crippen LogP contribution in [0.25, 0.3) is 0 Å². The van der Waals surface area contributed by atoms with Crippen LogP contribution in [-0.4, -0.2) is 22.2 Å². The van der Waals surface area contributed by atoms with Crippen LogP contribution in [0.3, 0.4) is 0 Å². The molecule has 0 fully saturated rings. The molecule has 1 atom stereocenters. The molecule has 0 bridgehead atoms. The second kappa shape index (κ2) is 4.34. The molecule has 3 rings (SSSR count). The van der Waals surface area contributed by atoms with Crippen molar-refractivity contribution in [2.75, 3.05) is 5.32 Å². The summed E-state index contributed by atoms with van der Waals surface area (Å²) >= 11 is 5.90. The lowest BCUT2D eigenvalue weighted by Gasteiger charge is -2.09. The number of halogens is 1. The maximum atomic E-state index is 11.9. The van der Waals surface area contributed by atoms with E-state index < -0.39 is 6.10 Å². The van der Waals surface area contributed by atoms with Crippen LogP contribution in [0.4, 0.5) is 5.82 Å². The summed E-state index contributed by atoms with van der Waals surface area (Å²) in [7, 11) is 0. The number of aromatic amines is 1. The number of H-pyrrole nitrogens is 1. The normalized spacial score (nSPS) is 17.1. The molecule has 2 N–H and O–H groups in total. The van der Waals surface area contributed by atoms with Gasteiger partial charge in [0.05, 0.1) is 6.20 Å².